The third-order valence-corrected chi connectivity index (χ3v) is 6.08. The Kier molecular flexibility index (Phi) is 8.22. The summed E-state index contributed by atoms with van der Waals surface area (Å²) >= 11 is 6.05. The van der Waals surface area contributed by atoms with Crippen LogP contribution in [0.5, 0.6) is 5.88 Å². The minimum atomic E-state index is -0.747. The SMILES string of the molecule is Cc1ccc(C(=O)NCCCC(=O)c2ccc(OC3CCC(C(=O)O)CC3)nc2)cc1Cl. The Morgan fingerprint density at radius 3 is 2.47 bits per heavy atom. The predicted molar refractivity (Wildman–Crippen MR) is 120 cm³/mol. The van der Waals surface area contributed by atoms with E-state index in [1.54, 1.807) is 30.3 Å². The number of nitrogens with one attached hydrogen (secondary N) is 1. The molecule has 2 aromatic rings. The Hall–Kier alpha value is -2.93. The van der Waals surface area contributed by atoms with Gasteiger partial charge >= 0.3 is 5.97 Å². The monoisotopic (exact) mass is 458 g/mol. The molecule has 2 N–H and O–H groups in total. The number of pyridine rings is 1. The molecule has 0 bridgehead atoms. The number of carbonyl (C=O) groups excluding carboxylic acids is 2. The zero-order chi connectivity index (χ0) is 23.1. The van der Waals surface area contributed by atoms with E-state index in [1.807, 2.05) is 6.92 Å². The highest BCUT2D eigenvalue weighted by atomic mass is 35.5. The number of rotatable bonds is 9. The number of ether oxygens (including phenoxy) is 1. The average molecular weight is 459 g/mol. The van der Waals surface area contributed by atoms with Crippen LogP contribution in [0.2, 0.25) is 5.02 Å². The summed E-state index contributed by atoms with van der Waals surface area (Å²) in [5.74, 6) is -0.881. The van der Waals surface area contributed by atoms with Crippen molar-refractivity contribution in [2.75, 3.05) is 6.54 Å². The van der Waals surface area contributed by atoms with Crippen molar-refractivity contribution in [1.29, 1.82) is 0 Å². The van der Waals surface area contributed by atoms with Crippen LogP contribution in [0.1, 0.15) is 64.8 Å². The van der Waals surface area contributed by atoms with E-state index in [4.69, 9.17) is 21.4 Å². The second-order valence-electron chi connectivity index (χ2n) is 8.06. The highest BCUT2D eigenvalue weighted by molar-refractivity contribution is 6.31. The Balaban J connectivity index is 1.39. The standard InChI is InChI=1S/C24H27ClN2O5/c1-15-4-5-17(13-20(15)25)23(29)26-12-2-3-21(28)18-8-11-22(27-14-18)32-19-9-6-16(7-10-19)24(30)31/h4-5,8,11,13-14,16,19H,2-3,6-7,9-10,12H2,1H3,(H,26,29)(H,30,31). The molecule has 0 radical (unpaired) electrons. The number of aromatic nitrogens is 1. The number of halogens is 1. The number of carbonyl (C=O) groups is 3. The Morgan fingerprint density at radius 1 is 1.12 bits per heavy atom. The Labute approximate surface area is 192 Å². The first-order chi connectivity index (χ1) is 15.3. The molecule has 3 rings (SSSR count). The summed E-state index contributed by atoms with van der Waals surface area (Å²) in [4.78, 5) is 39.8. The molecule has 0 atom stereocenters. The molecule has 0 aliphatic heterocycles. The molecule has 1 saturated carbocycles. The number of aryl methyl sites for hydroxylation is 1. The van der Waals surface area contributed by atoms with Gasteiger partial charge < -0.3 is 15.2 Å². The molecular formula is C24H27ClN2O5. The van der Waals surface area contributed by atoms with Gasteiger partial charge in [0.1, 0.15) is 6.10 Å². The molecule has 32 heavy (non-hydrogen) atoms. The second kappa shape index (κ2) is 11.1. The van der Waals surface area contributed by atoms with Crippen LogP contribution < -0.4 is 10.1 Å². The summed E-state index contributed by atoms with van der Waals surface area (Å²) in [6.07, 6.45) is 4.80. The van der Waals surface area contributed by atoms with Crippen LogP contribution in [0, 0.1) is 12.8 Å². The van der Waals surface area contributed by atoms with Gasteiger partial charge in [-0.1, -0.05) is 17.7 Å². The van der Waals surface area contributed by atoms with E-state index < -0.39 is 5.97 Å². The third-order valence-electron chi connectivity index (χ3n) is 5.67. The fourth-order valence-corrected chi connectivity index (χ4v) is 3.83. The summed E-state index contributed by atoms with van der Waals surface area (Å²) in [6.45, 7) is 2.25. The van der Waals surface area contributed by atoms with Gasteiger partial charge in [-0.2, -0.15) is 0 Å². The Morgan fingerprint density at radius 2 is 1.84 bits per heavy atom. The molecular weight excluding hydrogens is 432 g/mol. The molecule has 1 amide bonds. The van der Waals surface area contributed by atoms with Gasteiger partial charge in [0, 0.05) is 41.4 Å². The lowest BCUT2D eigenvalue weighted by Crippen LogP contribution is -2.28. The maximum atomic E-state index is 12.4. The lowest BCUT2D eigenvalue weighted by atomic mass is 9.87. The van der Waals surface area contributed by atoms with Gasteiger partial charge in [-0.05, 0) is 62.8 Å². The molecule has 0 saturated heterocycles. The molecule has 1 aliphatic rings. The molecule has 1 aromatic carbocycles. The number of benzene rings is 1. The van der Waals surface area contributed by atoms with E-state index in [-0.39, 0.29) is 30.1 Å². The molecule has 0 spiro atoms. The van der Waals surface area contributed by atoms with Crippen LogP contribution in [0.3, 0.4) is 0 Å². The summed E-state index contributed by atoms with van der Waals surface area (Å²) in [6, 6.07) is 8.49. The number of Topliss-reactive ketones (excluding diaryl/α,β-unsaturated/α-hetero) is 1. The molecule has 1 fully saturated rings. The minimum absolute atomic E-state index is 0.0494. The zero-order valence-corrected chi connectivity index (χ0v) is 18.7. The molecule has 1 aromatic heterocycles. The van der Waals surface area contributed by atoms with Crippen LogP contribution in [-0.2, 0) is 4.79 Å². The third kappa shape index (κ3) is 6.53. The molecule has 1 aliphatic carbocycles. The lowest BCUT2D eigenvalue weighted by Gasteiger charge is -2.26. The first-order valence-electron chi connectivity index (χ1n) is 10.8. The second-order valence-corrected chi connectivity index (χ2v) is 8.47. The molecule has 0 unspecified atom stereocenters. The van der Waals surface area contributed by atoms with Crippen molar-refractivity contribution in [3.8, 4) is 5.88 Å². The lowest BCUT2D eigenvalue weighted by molar-refractivity contribution is -0.143. The largest absolute Gasteiger partial charge is 0.481 e. The van der Waals surface area contributed by atoms with Crippen molar-refractivity contribution in [3.05, 3.63) is 58.2 Å². The van der Waals surface area contributed by atoms with Gasteiger partial charge in [-0.15, -0.1) is 0 Å². The van der Waals surface area contributed by atoms with Crippen molar-refractivity contribution in [3.63, 3.8) is 0 Å². The maximum absolute atomic E-state index is 12.4. The van der Waals surface area contributed by atoms with Crippen molar-refractivity contribution in [1.82, 2.24) is 10.3 Å². The fourth-order valence-electron chi connectivity index (χ4n) is 3.64. The van der Waals surface area contributed by atoms with Crippen molar-refractivity contribution in [2.45, 2.75) is 51.6 Å². The number of ketones is 1. The van der Waals surface area contributed by atoms with E-state index >= 15 is 0 Å². The summed E-state index contributed by atoms with van der Waals surface area (Å²) < 4.78 is 5.83. The van der Waals surface area contributed by atoms with E-state index in [0.717, 1.165) is 5.56 Å². The topological polar surface area (TPSA) is 106 Å². The number of aliphatic carboxylic acids is 1. The first kappa shape index (κ1) is 23.7. The van der Waals surface area contributed by atoms with Crippen molar-refractivity contribution in [2.24, 2.45) is 5.92 Å². The predicted octanol–water partition coefficient (Wildman–Crippen LogP) is 4.46. The van der Waals surface area contributed by atoms with Gasteiger partial charge in [-0.3, -0.25) is 14.4 Å². The van der Waals surface area contributed by atoms with E-state index in [1.165, 1.54) is 6.20 Å². The molecule has 7 nitrogen and oxygen atoms in total. The van der Waals surface area contributed by atoms with E-state index in [0.29, 0.717) is 60.7 Å². The van der Waals surface area contributed by atoms with Gasteiger partial charge in [0.05, 0.1) is 5.92 Å². The quantitative estimate of drug-likeness (QED) is 0.424. The number of nitrogens with zero attached hydrogens (tertiary/aromatic N) is 1. The van der Waals surface area contributed by atoms with Gasteiger partial charge in [0.15, 0.2) is 5.78 Å². The van der Waals surface area contributed by atoms with Gasteiger partial charge in [0.25, 0.3) is 5.91 Å². The average Bonchev–Trinajstić information content (AvgIpc) is 2.79. The smallest absolute Gasteiger partial charge is 0.306 e. The number of carboxylic acids is 1. The zero-order valence-electron chi connectivity index (χ0n) is 18.0. The number of hydrogen-bond donors (Lipinski definition) is 2. The maximum Gasteiger partial charge on any atom is 0.306 e. The van der Waals surface area contributed by atoms with E-state index in [2.05, 4.69) is 10.3 Å². The fraction of sp³-hybridized carbons (Fsp3) is 0.417. The van der Waals surface area contributed by atoms with Gasteiger partial charge in [0.2, 0.25) is 5.88 Å². The number of amides is 1. The molecule has 170 valence electrons. The van der Waals surface area contributed by atoms with Gasteiger partial charge in [-0.25, -0.2) is 4.98 Å². The summed E-state index contributed by atoms with van der Waals surface area (Å²) in [7, 11) is 0. The van der Waals surface area contributed by atoms with Crippen LogP contribution in [0.25, 0.3) is 0 Å². The number of hydrogen-bond acceptors (Lipinski definition) is 5. The Bertz CT molecular complexity index is 969. The minimum Gasteiger partial charge on any atom is -0.481 e. The highest BCUT2D eigenvalue weighted by Crippen LogP contribution is 2.27. The highest BCUT2D eigenvalue weighted by Gasteiger charge is 2.27. The first-order valence-corrected chi connectivity index (χ1v) is 11.1. The molecule has 1 heterocycles. The van der Waals surface area contributed by atoms with Crippen LogP contribution in [0.15, 0.2) is 36.5 Å². The van der Waals surface area contributed by atoms with E-state index in [9.17, 15) is 14.4 Å². The van der Waals surface area contributed by atoms with Crippen LogP contribution in [0.4, 0.5) is 0 Å². The normalized spacial score (nSPS) is 18.1. The summed E-state index contributed by atoms with van der Waals surface area (Å²) in [5.41, 5.74) is 1.89. The summed E-state index contributed by atoms with van der Waals surface area (Å²) in [5, 5.41) is 12.4. The van der Waals surface area contributed by atoms with Crippen LogP contribution in [-0.4, -0.2) is 40.4 Å². The van der Waals surface area contributed by atoms with Crippen molar-refractivity contribution >= 4 is 29.3 Å². The van der Waals surface area contributed by atoms with Crippen molar-refractivity contribution < 1.29 is 24.2 Å². The molecule has 8 heteroatoms. The van der Waals surface area contributed by atoms with Crippen LogP contribution >= 0.6 is 11.6 Å². The number of carboxylic acid groups (broad SMARTS) is 1.